The van der Waals surface area contributed by atoms with Crippen LogP contribution >= 0.6 is 0 Å². The van der Waals surface area contributed by atoms with Crippen LogP contribution < -0.4 is 0 Å². The van der Waals surface area contributed by atoms with Gasteiger partial charge in [-0.2, -0.15) is 0 Å². The second-order valence-electron chi connectivity index (χ2n) is 7.06. The maximum absolute atomic E-state index is 11.9. The molecule has 2 nitrogen and oxygen atoms in total. The topological polar surface area (TPSA) is 23.5 Å². The average Bonchev–Trinajstić information content (AvgIpc) is 2.60. The van der Waals surface area contributed by atoms with Gasteiger partial charge in [0.25, 0.3) is 0 Å². The van der Waals surface area contributed by atoms with Gasteiger partial charge in [0.1, 0.15) is 5.60 Å². The summed E-state index contributed by atoms with van der Waals surface area (Å²) in [6.45, 7) is 0.886. The zero-order valence-electron chi connectivity index (χ0n) is 14.7. The first-order valence-corrected chi connectivity index (χ1v) is 8.79. The lowest BCUT2D eigenvalue weighted by Crippen LogP contribution is -2.44. The van der Waals surface area contributed by atoms with Gasteiger partial charge >= 0.3 is 0 Å². The predicted molar refractivity (Wildman–Crippen MR) is 101 cm³/mol. The highest BCUT2D eigenvalue weighted by molar-refractivity contribution is 5.57. The van der Waals surface area contributed by atoms with Crippen molar-refractivity contribution >= 4 is 6.08 Å². The van der Waals surface area contributed by atoms with Gasteiger partial charge in [0, 0.05) is 12.5 Å². The fraction of sp³-hybridized carbons (Fsp3) is 0.364. The standard InChI is InChI=1S/C22H27NO/c1-23(2)17-21-15-9-14-20(16-18-10-5-3-6-11-18)22(21,24)19-12-7-4-8-13-19/h3-8,10-13,16,21,24H,9,14-15,17H2,1-2H3/b20-16-. The average molecular weight is 321 g/mol. The lowest BCUT2D eigenvalue weighted by molar-refractivity contribution is -0.0174. The molecule has 0 bridgehead atoms. The number of aliphatic hydroxyl groups is 1. The summed E-state index contributed by atoms with van der Waals surface area (Å²) in [7, 11) is 4.17. The Hall–Kier alpha value is -1.90. The Balaban J connectivity index is 2.07. The van der Waals surface area contributed by atoms with Crippen LogP contribution in [0.25, 0.3) is 6.08 Å². The number of hydrogen-bond donors (Lipinski definition) is 1. The number of nitrogens with zero attached hydrogens (tertiary/aromatic N) is 1. The summed E-state index contributed by atoms with van der Waals surface area (Å²) in [5, 5.41) is 11.9. The summed E-state index contributed by atoms with van der Waals surface area (Å²) < 4.78 is 0. The molecule has 1 fully saturated rings. The summed E-state index contributed by atoms with van der Waals surface area (Å²) in [5.74, 6) is 0.207. The first-order chi connectivity index (χ1) is 11.6. The molecule has 1 aliphatic rings. The molecule has 0 saturated heterocycles. The van der Waals surface area contributed by atoms with Crippen molar-refractivity contribution < 1.29 is 5.11 Å². The molecule has 2 heteroatoms. The molecule has 0 amide bonds. The molecule has 0 spiro atoms. The third-order valence-corrected chi connectivity index (χ3v) is 5.02. The molecule has 0 aliphatic heterocycles. The smallest absolute Gasteiger partial charge is 0.115 e. The molecule has 2 unspecified atom stereocenters. The number of rotatable bonds is 4. The molecular weight excluding hydrogens is 294 g/mol. The lowest BCUT2D eigenvalue weighted by Gasteiger charge is -2.44. The van der Waals surface area contributed by atoms with E-state index in [0.29, 0.717) is 0 Å². The Morgan fingerprint density at radius 3 is 2.29 bits per heavy atom. The van der Waals surface area contributed by atoms with E-state index in [4.69, 9.17) is 0 Å². The maximum atomic E-state index is 11.9. The van der Waals surface area contributed by atoms with E-state index < -0.39 is 5.60 Å². The minimum Gasteiger partial charge on any atom is -0.380 e. The molecule has 24 heavy (non-hydrogen) atoms. The molecule has 0 radical (unpaired) electrons. The summed E-state index contributed by atoms with van der Waals surface area (Å²) in [4.78, 5) is 2.18. The first-order valence-electron chi connectivity index (χ1n) is 8.79. The SMILES string of the molecule is CN(C)CC1CCC/C(=C/c2ccccc2)C1(O)c1ccccc1. The molecule has 2 atom stereocenters. The van der Waals surface area contributed by atoms with Crippen LogP contribution in [0.1, 0.15) is 30.4 Å². The van der Waals surface area contributed by atoms with Crippen molar-refractivity contribution in [1.82, 2.24) is 4.90 Å². The molecule has 1 aliphatic carbocycles. The zero-order valence-corrected chi connectivity index (χ0v) is 14.7. The van der Waals surface area contributed by atoms with Crippen molar-refractivity contribution in [3.63, 3.8) is 0 Å². The quantitative estimate of drug-likeness (QED) is 0.906. The molecule has 3 rings (SSSR count). The van der Waals surface area contributed by atoms with E-state index in [0.717, 1.165) is 42.5 Å². The van der Waals surface area contributed by atoms with Crippen LogP contribution in [0.3, 0.4) is 0 Å². The Bertz CT molecular complexity index is 678. The van der Waals surface area contributed by atoms with E-state index in [1.54, 1.807) is 0 Å². The fourth-order valence-corrected chi connectivity index (χ4v) is 3.91. The minimum absolute atomic E-state index is 0.207. The highest BCUT2D eigenvalue weighted by Crippen LogP contribution is 2.46. The molecular formula is C22H27NO. The van der Waals surface area contributed by atoms with E-state index in [1.165, 1.54) is 0 Å². The van der Waals surface area contributed by atoms with E-state index in [9.17, 15) is 5.11 Å². The van der Waals surface area contributed by atoms with Gasteiger partial charge in [-0.15, -0.1) is 0 Å². The maximum Gasteiger partial charge on any atom is 0.115 e. The van der Waals surface area contributed by atoms with Crippen LogP contribution in [0.15, 0.2) is 66.2 Å². The molecule has 2 aromatic rings. The third kappa shape index (κ3) is 3.45. The van der Waals surface area contributed by atoms with Crippen LogP contribution in [0.4, 0.5) is 0 Å². The highest BCUT2D eigenvalue weighted by atomic mass is 16.3. The normalized spacial score (nSPS) is 26.0. The van der Waals surface area contributed by atoms with Gasteiger partial charge in [0.05, 0.1) is 0 Å². The van der Waals surface area contributed by atoms with Crippen LogP contribution in [-0.2, 0) is 5.60 Å². The minimum atomic E-state index is -0.889. The summed E-state index contributed by atoms with van der Waals surface area (Å²) in [5.41, 5.74) is 2.42. The Morgan fingerprint density at radius 1 is 1.04 bits per heavy atom. The second-order valence-corrected chi connectivity index (χ2v) is 7.06. The molecule has 1 saturated carbocycles. The summed E-state index contributed by atoms with van der Waals surface area (Å²) >= 11 is 0. The Kier molecular flexibility index (Phi) is 5.17. The van der Waals surface area contributed by atoms with Crippen molar-refractivity contribution in [2.24, 2.45) is 5.92 Å². The van der Waals surface area contributed by atoms with Crippen molar-refractivity contribution in [2.75, 3.05) is 20.6 Å². The monoisotopic (exact) mass is 321 g/mol. The van der Waals surface area contributed by atoms with Crippen molar-refractivity contribution in [3.8, 4) is 0 Å². The molecule has 2 aromatic carbocycles. The summed E-state index contributed by atoms with van der Waals surface area (Å²) in [6.07, 6.45) is 5.32. The fourth-order valence-electron chi connectivity index (χ4n) is 3.91. The van der Waals surface area contributed by atoms with E-state index in [2.05, 4.69) is 49.3 Å². The van der Waals surface area contributed by atoms with Gasteiger partial charge in [0.15, 0.2) is 0 Å². The lowest BCUT2D eigenvalue weighted by atomic mass is 9.67. The first kappa shape index (κ1) is 16.9. The van der Waals surface area contributed by atoms with E-state index >= 15 is 0 Å². The summed E-state index contributed by atoms with van der Waals surface area (Å²) in [6, 6.07) is 20.5. The Labute approximate surface area is 145 Å². The van der Waals surface area contributed by atoms with E-state index in [-0.39, 0.29) is 5.92 Å². The molecule has 1 N–H and O–H groups in total. The predicted octanol–water partition coefficient (Wildman–Crippen LogP) is 4.32. The molecule has 0 heterocycles. The van der Waals surface area contributed by atoms with Crippen LogP contribution in [0.2, 0.25) is 0 Å². The van der Waals surface area contributed by atoms with E-state index in [1.807, 2.05) is 36.4 Å². The molecule has 0 aromatic heterocycles. The zero-order chi connectivity index (χ0) is 17.0. The van der Waals surface area contributed by atoms with Crippen LogP contribution in [0, 0.1) is 5.92 Å². The van der Waals surface area contributed by atoms with Crippen molar-refractivity contribution in [2.45, 2.75) is 24.9 Å². The largest absolute Gasteiger partial charge is 0.380 e. The van der Waals surface area contributed by atoms with Crippen LogP contribution in [0.5, 0.6) is 0 Å². The third-order valence-electron chi connectivity index (χ3n) is 5.02. The highest BCUT2D eigenvalue weighted by Gasteiger charge is 2.43. The van der Waals surface area contributed by atoms with Crippen LogP contribution in [-0.4, -0.2) is 30.6 Å². The van der Waals surface area contributed by atoms with Gasteiger partial charge < -0.3 is 10.0 Å². The Morgan fingerprint density at radius 2 is 1.67 bits per heavy atom. The van der Waals surface area contributed by atoms with Crippen molar-refractivity contribution in [1.29, 1.82) is 0 Å². The van der Waals surface area contributed by atoms with Crippen molar-refractivity contribution in [3.05, 3.63) is 77.4 Å². The number of benzene rings is 2. The second kappa shape index (κ2) is 7.33. The molecule has 126 valence electrons. The van der Waals surface area contributed by atoms with Gasteiger partial charge in [-0.25, -0.2) is 0 Å². The van der Waals surface area contributed by atoms with Gasteiger partial charge in [-0.05, 0) is 50.1 Å². The van der Waals surface area contributed by atoms with Gasteiger partial charge in [0.2, 0.25) is 0 Å². The van der Waals surface area contributed by atoms with Gasteiger partial charge in [-0.3, -0.25) is 0 Å². The number of hydrogen-bond acceptors (Lipinski definition) is 2. The van der Waals surface area contributed by atoms with Gasteiger partial charge in [-0.1, -0.05) is 66.7 Å².